The van der Waals surface area contributed by atoms with Crippen molar-refractivity contribution in [1.82, 2.24) is 0 Å². The normalized spacial score (nSPS) is 11.2. The fraction of sp³-hybridized carbons (Fsp3) is 0.357. The third-order valence-electron chi connectivity index (χ3n) is 6.10. The maximum absolute atomic E-state index is 12.6. The molecule has 0 saturated heterocycles. The van der Waals surface area contributed by atoms with Crippen molar-refractivity contribution in [3.63, 3.8) is 0 Å². The molecule has 4 aromatic rings. The maximum Gasteiger partial charge on any atom is 0.180 e. The van der Waals surface area contributed by atoms with Crippen molar-refractivity contribution in [3.05, 3.63) is 35.8 Å². The molecule has 2 heterocycles. The number of ketones is 2. The van der Waals surface area contributed by atoms with E-state index in [0.29, 0.717) is 65.9 Å². The Kier molecular flexibility index (Phi) is 8.83. The number of rotatable bonds is 13. The Labute approximate surface area is 229 Å². The van der Waals surface area contributed by atoms with E-state index in [1.807, 2.05) is 0 Å². The number of benzene rings is 2. The van der Waals surface area contributed by atoms with Crippen molar-refractivity contribution in [2.24, 2.45) is 0 Å². The van der Waals surface area contributed by atoms with Gasteiger partial charge in [-0.2, -0.15) is 0 Å². The minimum atomic E-state index is -0.104. The van der Waals surface area contributed by atoms with Crippen LogP contribution in [0.2, 0.25) is 0 Å². The zero-order valence-electron chi connectivity index (χ0n) is 22.2. The largest absolute Gasteiger partial charge is 0.495 e. The van der Waals surface area contributed by atoms with Crippen LogP contribution in [0.25, 0.3) is 21.9 Å². The highest BCUT2D eigenvalue weighted by Gasteiger charge is 2.27. The van der Waals surface area contributed by atoms with Gasteiger partial charge in [-0.1, -0.05) is 0 Å². The third kappa shape index (κ3) is 4.94. The lowest BCUT2D eigenvalue weighted by Crippen LogP contribution is -2.04. The number of carbonyl (C=O) groups excluding carboxylic acids is 2. The summed E-state index contributed by atoms with van der Waals surface area (Å²) in [5.41, 5.74) is 2.09. The number of thioether (sulfide) groups is 2. The highest BCUT2D eigenvalue weighted by atomic mass is 32.2. The molecule has 0 spiro atoms. The van der Waals surface area contributed by atoms with E-state index in [9.17, 15) is 9.59 Å². The second-order valence-electron chi connectivity index (χ2n) is 8.38. The van der Waals surface area contributed by atoms with E-state index in [1.165, 1.54) is 37.4 Å². The van der Waals surface area contributed by atoms with E-state index in [1.54, 1.807) is 53.1 Å². The lowest BCUT2D eigenvalue weighted by molar-refractivity contribution is 0.0998. The van der Waals surface area contributed by atoms with E-state index >= 15 is 0 Å². The molecule has 0 unspecified atom stereocenters. The standard InChI is InChI=1S/C28H30O8S2/c1-15(29)19-21(31-3)17-9-11-35-23(17)25(33-5)27(19)37-13-7-8-14-38-28-20(16(2)30)22(32-4)18-10-12-36-24(18)26(28)34-6/h9-12H,7-8,13-14H2,1-6H3. The van der Waals surface area contributed by atoms with Gasteiger partial charge >= 0.3 is 0 Å². The molecule has 0 aliphatic heterocycles. The minimum Gasteiger partial charge on any atom is -0.495 e. The number of Topliss-reactive ketones (excluding diaryl/α,β-unsaturated/α-hetero) is 2. The van der Waals surface area contributed by atoms with Crippen LogP contribution in [0, 0.1) is 0 Å². The fourth-order valence-electron chi connectivity index (χ4n) is 4.50. The van der Waals surface area contributed by atoms with Crippen molar-refractivity contribution in [1.29, 1.82) is 0 Å². The molecular weight excluding hydrogens is 528 g/mol. The summed E-state index contributed by atoms with van der Waals surface area (Å²) in [5, 5.41) is 1.41. The Morgan fingerprint density at radius 2 is 1.03 bits per heavy atom. The predicted octanol–water partition coefficient (Wildman–Crippen LogP) is 7.28. The predicted molar refractivity (Wildman–Crippen MR) is 149 cm³/mol. The van der Waals surface area contributed by atoms with Crippen LogP contribution < -0.4 is 18.9 Å². The van der Waals surface area contributed by atoms with E-state index in [4.69, 9.17) is 27.8 Å². The Balaban J connectivity index is 1.51. The smallest absolute Gasteiger partial charge is 0.180 e. The number of carbonyl (C=O) groups is 2. The molecule has 0 N–H and O–H groups in total. The average Bonchev–Trinajstić information content (AvgIpc) is 3.58. The number of furan rings is 2. The van der Waals surface area contributed by atoms with Gasteiger partial charge in [-0.25, -0.2) is 0 Å². The Morgan fingerprint density at radius 1 is 0.658 bits per heavy atom. The number of ether oxygens (including phenoxy) is 4. The van der Waals surface area contributed by atoms with Gasteiger partial charge in [0.25, 0.3) is 0 Å². The first kappa shape index (κ1) is 27.8. The highest BCUT2D eigenvalue weighted by Crippen LogP contribution is 2.48. The van der Waals surface area contributed by atoms with Gasteiger partial charge in [-0.3, -0.25) is 9.59 Å². The summed E-state index contributed by atoms with van der Waals surface area (Å²) in [6.45, 7) is 3.04. The summed E-state index contributed by atoms with van der Waals surface area (Å²) in [4.78, 5) is 26.6. The number of methoxy groups -OCH3 is 4. The van der Waals surface area contributed by atoms with Crippen LogP contribution in [-0.2, 0) is 0 Å². The lowest BCUT2D eigenvalue weighted by Gasteiger charge is -2.17. The van der Waals surface area contributed by atoms with E-state index < -0.39 is 0 Å². The SMILES string of the molecule is COc1c(C(C)=O)c(SCCCCSc2c(C(C)=O)c(OC)c3ccoc3c2OC)c(OC)c2occc12. The molecule has 0 atom stereocenters. The molecule has 0 aliphatic carbocycles. The van der Waals surface area contributed by atoms with Crippen molar-refractivity contribution in [3.8, 4) is 23.0 Å². The van der Waals surface area contributed by atoms with Gasteiger partial charge < -0.3 is 27.8 Å². The molecule has 38 heavy (non-hydrogen) atoms. The summed E-state index contributed by atoms with van der Waals surface area (Å²) < 4.78 is 33.8. The molecule has 0 saturated carbocycles. The minimum absolute atomic E-state index is 0.104. The second-order valence-corrected chi connectivity index (χ2v) is 10.6. The van der Waals surface area contributed by atoms with Crippen LogP contribution in [0.15, 0.2) is 43.3 Å². The van der Waals surface area contributed by atoms with Gasteiger partial charge in [0.15, 0.2) is 34.2 Å². The summed E-state index contributed by atoms with van der Waals surface area (Å²) in [7, 11) is 6.23. The van der Waals surface area contributed by atoms with Crippen molar-refractivity contribution < 1.29 is 37.4 Å². The first-order valence-corrected chi connectivity index (χ1v) is 13.9. The van der Waals surface area contributed by atoms with Crippen LogP contribution in [0.4, 0.5) is 0 Å². The molecule has 10 heteroatoms. The summed E-state index contributed by atoms with van der Waals surface area (Å²) >= 11 is 3.07. The van der Waals surface area contributed by atoms with Crippen LogP contribution in [-0.4, -0.2) is 51.5 Å². The van der Waals surface area contributed by atoms with Crippen LogP contribution in [0.5, 0.6) is 23.0 Å². The van der Waals surface area contributed by atoms with Crippen LogP contribution in [0.3, 0.4) is 0 Å². The summed E-state index contributed by atoms with van der Waals surface area (Å²) in [6, 6.07) is 3.54. The quantitative estimate of drug-likeness (QED) is 0.0945. The van der Waals surface area contributed by atoms with Gasteiger partial charge in [-0.15, -0.1) is 23.5 Å². The molecule has 2 aromatic carbocycles. The van der Waals surface area contributed by atoms with Gasteiger partial charge in [0.1, 0.15) is 11.5 Å². The Hall–Kier alpha value is -3.24. The molecule has 0 radical (unpaired) electrons. The maximum atomic E-state index is 12.6. The van der Waals surface area contributed by atoms with Gasteiger partial charge in [0.2, 0.25) is 0 Å². The van der Waals surface area contributed by atoms with E-state index in [0.717, 1.165) is 24.3 Å². The first-order chi connectivity index (χ1) is 18.4. The van der Waals surface area contributed by atoms with Gasteiger partial charge in [0.05, 0.1) is 72.7 Å². The zero-order chi connectivity index (χ0) is 27.4. The summed E-state index contributed by atoms with van der Waals surface area (Å²) in [6.07, 6.45) is 4.83. The first-order valence-electron chi connectivity index (χ1n) is 12.0. The highest BCUT2D eigenvalue weighted by molar-refractivity contribution is 7.99. The van der Waals surface area contributed by atoms with Gasteiger partial charge in [0, 0.05) is 0 Å². The molecule has 0 aliphatic rings. The van der Waals surface area contributed by atoms with Crippen LogP contribution in [0.1, 0.15) is 47.4 Å². The molecule has 8 nitrogen and oxygen atoms in total. The number of hydrogen-bond acceptors (Lipinski definition) is 10. The van der Waals surface area contributed by atoms with Crippen molar-refractivity contribution >= 4 is 57.0 Å². The topological polar surface area (TPSA) is 97.3 Å². The Morgan fingerprint density at radius 3 is 1.34 bits per heavy atom. The lowest BCUT2D eigenvalue weighted by atomic mass is 10.1. The Bertz CT molecular complexity index is 1370. The number of hydrogen-bond donors (Lipinski definition) is 0. The molecule has 4 rings (SSSR count). The molecule has 2 aromatic heterocycles. The number of fused-ring (bicyclic) bond motifs is 2. The molecular formula is C28H30O8S2. The molecule has 202 valence electrons. The summed E-state index contributed by atoms with van der Waals surface area (Å²) in [5.74, 6) is 3.32. The molecule has 0 bridgehead atoms. The van der Waals surface area contributed by atoms with Crippen LogP contribution >= 0.6 is 23.5 Å². The third-order valence-corrected chi connectivity index (χ3v) is 8.45. The molecule has 0 fully saturated rings. The molecule has 0 amide bonds. The average molecular weight is 559 g/mol. The fourth-order valence-corrected chi connectivity index (χ4v) is 6.98. The monoisotopic (exact) mass is 558 g/mol. The second kappa shape index (κ2) is 12.1. The number of unbranched alkanes of at least 4 members (excludes halogenated alkanes) is 1. The van der Waals surface area contributed by atoms with Crippen molar-refractivity contribution in [2.45, 2.75) is 36.5 Å². The van der Waals surface area contributed by atoms with E-state index in [-0.39, 0.29) is 11.6 Å². The van der Waals surface area contributed by atoms with Crippen molar-refractivity contribution in [2.75, 3.05) is 39.9 Å². The zero-order valence-corrected chi connectivity index (χ0v) is 23.9. The van der Waals surface area contributed by atoms with Gasteiger partial charge in [-0.05, 0) is 50.3 Å². The van der Waals surface area contributed by atoms with E-state index in [2.05, 4.69) is 0 Å².